The summed E-state index contributed by atoms with van der Waals surface area (Å²) in [5.74, 6) is 0.00959. The van der Waals surface area contributed by atoms with Gasteiger partial charge in [-0.3, -0.25) is 4.31 Å². The quantitative estimate of drug-likeness (QED) is 0.330. The van der Waals surface area contributed by atoms with E-state index in [1.54, 1.807) is 19.1 Å². The maximum absolute atomic E-state index is 14.2. The molecule has 0 saturated carbocycles. The van der Waals surface area contributed by atoms with Crippen molar-refractivity contribution < 1.29 is 23.0 Å². The van der Waals surface area contributed by atoms with Gasteiger partial charge in [0.15, 0.2) is 5.76 Å². The second-order valence-corrected chi connectivity index (χ2v) is 11.6. The molecule has 2 heterocycles. The Hall–Kier alpha value is -3.37. The van der Waals surface area contributed by atoms with E-state index in [0.717, 1.165) is 37.4 Å². The molecule has 5 rings (SSSR count). The van der Waals surface area contributed by atoms with Crippen LogP contribution < -0.4 is 9.21 Å². The van der Waals surface area contributed by atoms with Gasteiger partial charge in [0.05, 0.1) is 10.6 Å². The SMILES string of the molecule is Cc1c(C(O)O)oc2ccc(S(=O)(=O)N(CCc3ccccc3)c3cccc(N4CCN(C)CC4)c3)cc12. The molecular formula is C29H33N3O5S. The van der Waals surface area contributed by atoms with E-state index in [9.17, 15) is 18.6 Å². The maximum Gasteiger partial charge on any atom is 0.264 e. The van der Waals surface area contributed by atoms with E-state index in [-0.39, 0.29) is 17.2 Å². The predicted octanol–water partition coefficient (Wildman–Crippen LogP) is 3.91. The third kappa shape index (κ3) is 5.28. The molecule has 0 atom stereocenters. The fraction of sp³-hybridized carbons (Fsp3) is 0.310. The van der Waals surface area contributed by atoms with Gasteiger partial charge in [0.1, 0.15) is 5.58 Å². The molecule has 9 heteroatoms. The zero-order valence-corrected chi connectivity index (χ0v) is 22.4. The predicted molar refractivity (Wildman–Crippen MR) is 149 cm³/mol. The number of benzene rings is 3. The van der Waals surface area contributed by atoms with Crippen LogP contribution in [-0.4, -0.2) is 63.3 Å². The number of furan rings is 1. The third-order valence-corrected chi connectivity index (χ3v) is 9.02. The number of sulfonamides is 1. The van der Waals surface area contributed by atoms with Gasteiger partial charge >= 0.3 is 0 Å². The summed E-state index contributed by atoms with van der Waals surface area (Å²) in [5, 5.41) is 19.8. The van der Waals surface area contributed by atoms with Gasteiger partial charge in [0.2, 0.25) is 6.29 Å². The number of rotatable bonds is 8. The van der Waals surface area contributed by atoms with E-state index in [0.29, 0.717) is 28.6 Å². The van der Waals surface area contributed by atoms with Crippen molar-refractivity contribution >= 4 is 32.4 Å². The standard InChI is InChI=1S/C29H33N3O5S/c1-21-26-20-25(11-12-27(26)37-28(21)29(33)34)38(35,36)32(14-13-22-7-4-3-5-8-22)24-10-6-9-23(19-24)31-17-15-30(2)16-18-31/h3-12,19-20,29,33-34H,13-18H2,1-2H3. The molecule has 0 unspecified atom stereocenters. The Balaban J connectivity index is 1.54. The molecule has 0 spiro atoms. The van der Waals surface area contributed by atoms with Crippen LogP contribution in [0.2, 0.25) is 0 Å². The van der Waals surface area contributed by atoms with Crippen LogP contribution in [-0.2, 0) is 16.4 Å². The minimum atomic E-state index is -3.96. The lowest BCUT2D eigenvalue weighted by atomic mass is 10.1. The van der Waals surface area contributed by atoms with Crippen molar-refractivity contribution in [1.82, 2.24) is 4.90 Å². The fourth-order valence-corrected chi connectivity index (χ4v) is 6.41. The van der Waals surface area contributed by atoms with Gasteiger partial charge in [0.25, 0.3) is 10.0 Å². The molecule has 0 aliphatic carbocycles. The monoisotopic (exact) mass is 535 g/mol. The number of likely N-dealkylation sites (N-methyl/N-ethyl adjacent to an activating group) is 1. The molecule has 8 nitrogen and oxygen atoms in total. The largest absolute Gasteiger partial charge is 0.455 e. The smallest absolute Gasteiger partial charge is 0.264 e. The first kappa shape index (κ1) is 26.2. The highest BCUT2D eigenvalue weighted by atomic mass is 32.2. The minimum Gasteiger partial charge on any atom is -0.455 e. The van der Waals surface area contributed by atoms with Gasteiger partial charge in [-0.1, -0.05) is 36.4 Å². The van der Waals surface area contributed by atoms with Crippen molar-refractivity contribution in [3.8, 4) is 0 Å². The molecule has 3 aromatic carbocycles. The highest BCUT2D eigenvalue weighted by Crippen LogP contribution is 2.33. The van der Waals surface area contributed by atoms with Crippen LogP contribution in [0, 0.1) is 6.92 Å². The van der Waals surface area contributed by atoms with Crippen molar-refractivity contribution in [2.75, 3.05) is 49.0 Å². The molecule has 0 radical (unpaired) electrons. The summed E-state index contributed by atoms with van der Waals surface area (Å²) in [7, 11) is -1.85. The van der Waals surface area contributed by atoms with Gasteiger partial charge in [-0.2, -0.15) is 0 Å². The van der Waals surface area contributed by atoms with Crippen LogP contribution in [0.1, 0.15) is 23.2 Å². The summed E-state index contributed by atoms with van der Waals surface area (Å²) in [4.78, 5) is 4.69. The van der Waals surface area contributed by atoms with E-state index in [2.05, 4.69) is 16.8 Å². The normalized spacial score (nSPS) is 14.9. The van der Waals surface area contributed by atoms with Gasteiger partial charge in [0, 0.05) is 49.4 Å². The third-order valence-electron chi connectivity index (χ3n) is 7.20. The summed E-state index contributed by atoms with van der Waals surface area (Å²) in [6, 6.07) is 22.2. The topological polar surface area (TPSA) is 97.5 Å². The van der Waals surface area contributed by atoms with Gasteiger partial charge in [-0.25, -0.2) is 8.42 Å². The molecule has 1 fully saturated rings. The molecule has 2 N–H and O–H groups in total. The molecule has 1 saturated heterocycles. The van der Waals surface area contributed by atoms with Crippen molar-refractivity contribution in [2.24, 2.45) is 0 Å². The lowest BCUT2D eigenvalue weighted by molar-refractivity contribution is -0.0576. The van der Waals surface area contributed by atoms with Crippen LogP contribution in [0.25, 0.3) is 11.0 Å². The van der Waals surface area contributed by atoms with Crippen molar-refractivity contribution in [2.45, 2.75) is 24.5 Å². The molecular weight excluding hydrogens is 502 g/mol. The Kier molecular flexibility index (Phi) is 7.45. The molecule has 38 heavy (non-hydrogen) atoms. The molecule has 0 bridgehead atoms. The zero-order chi connectivity index (χ0) is 26.9. The molecule has 0 amide bonds. The van der Waals surface area contributed by atoms with E-state index in [1.807, 2.05) is 54.6 Å². The van der Waals surface area contributed by atoms with E-state index >= 15 is 0 Å². The molecule has 1 aliphatic heterocycles. The average molecular weight is 536 g/mol. The number of nitrogens with zero attached hydrogens (tertiary/aromatic N) is 3. The van der Waals surface area contributed by atoms with Gasteiger partial charge in [-0.15, -0.1) is 0 Å². The highest BCUT2D eigenvalue weighted by Gasteiger charge is 2.27. The fourth-order valence-electron chi connectivity index (χ4n) is 4.93. The number of aliphatic hydroxyl groups is 2. The average Bonchev–Trinajstić information content (AvgIpc) is 3.26. The van der Waals surface area contributed by atoms with Crippen LogP contribution in [0.15, 0.2) is 82.1 Å². The van der Waals surface area contributed by atoms with Gasteiger partial charge in [-0.05, 0) is 62.4 Å². The van der Waals surface area contributed by atoms with E-state index in [4.69, 9.17) is 4.42 Å². The number of aryl methyl sites for hydroxylation is 1. The summed E-state index contributed by atoms with van der Waals surface area (Å²) in [6.07, 6.45) is -1.23. The van der Waals surface area contributed by atoms with E-state index in [1.165, 1.54) is 10.4 Å². The van der Waals surface area contributed by atoms with Crippen LogP contribution in [0.5, 0.6) is 0 Å². The lowest BCUT2D eigenvalue weighted by Gasteiger charge is -2.34. The summed E-state index contributed by atoms with van der Waals surface area (Å²) < 4.78 is 35.3. The molecule has 1 aromatic heterocycles. The second kappa shape index (κ2) is 10.8. The van der Waals surface area contributed by atoms with Crippen LogP contribution >= 0.6 is 0 Å². The number of hydrogen-bond acceptors (Lipinski definition) is 7. The number of hydrogen-bond donors (Lipinski definition) is 2. The Morgan fingerprint density at radius 1 is 0.947 bits per heavy atom. The zero-order valence-electron chi connectivity index (χ0n) is 21.6. The first-order valence-corrected chi connectivity index (χ1v) is 14.2. The van der Waals surface area contributed by atoms with Crippen molar-refractivity contribution in [3.05, 3.63) is 89.7 Å². The highest BCUT2D eigenvalue weighted by molar-refractivity contribution is 7.92. The number of fused-ring (bicyclic) bond motifs is 1. The van der Waals surface area contributed by atoms with Crippen molar-refractivity contribution in [3.63, 3.8) is 0 Å². The Labute approximate surface area is 223 Å². The molecule has 4 aromatic rings. The van der Waals surface area contributed by atoms with E-state index < -0.39 is 16.3 Å². The van der Waals surface area contributed by atoms with Crippen LogP contribution in [0.4, 0.5) is 11.4 Å². The number of anilines is 2. The number of piperazine rings is 1. The second-order valence-electron chi connectivity index (χ2n) is 9.75. The van der Waals surface area contributed by atoms with Gasteiger partial charge < -0.3 is 24.4 Å². The number of aliphatic hydroxyl groups excluding tert-OH is 1. The molecule has 200 valence electrons. The first-order chi connectivity index (χ1) is 18.2. The van der Waals surface area contributed by atoms with Crippen LogP contribution in [0.3, 0.4) is 0 Å². The molecule has 1 aliphatic rings. The Morgan fingerprint density at radius 2 is 1.68 bits per heavy atom. The van der Waals surface area contributed by atoms with Crippen molar-refractivity contribution in [1.29, 1.82) is 0 Å². The Bertz CT molecular complexity index is 1510. The summed E-state index contributed by atoms with van der Waals surface area (Å²) in [5.41, 5.74) is 3.55. The summed E-state index contributed by atoms with van der Waals surface area (Å²) in [6.45, 7) is 5.62. The maximum atomic E-state index is 14.2. The lowest BCUT2D eigenvalue weighted by Crippen LogP contribution is -2.44. The summed E-state index contributed by atoms with van der Waals surface area (Å²) >= 11 is 0. The Morgan fingerprint density at radius 3 is 2.39 bits per heavy atom. The minimum absolute atomic E-state index is 0.00959. The first-order valence-electron chi connectivity index (χ1n) is 12.7.